The zero-order valence-corrected chi connectivity index (χ0v) is 12.0. The van der Waals surface area contributed by atoms with Crippen molar-refractivity contribution in [2.75, 3.05) is 13.2 Å². The summed E-state index contributed by atoms with van der Waals surface area (Å²) in [4.78, 5) is 15.2. The quantitative estimate of drug-likeness (QED) is 0.913. The highest BCUT2D eigenvalue weighted by molar-refractivity contribution is 9.10. The number of fused-ring (bicyclic) bond motifs is 1. The van der Waals surface area contributed by atoms with Crippen molar-refractivity contribution >= 4 is 32.7 Å². The van der Waals surface area contributed by atoms with Crippen LogP contribution >= 0.6 is 15.9 Å². The molecule has 0 spiro atoms. The smallest absolute Gasteiger partial charge is 0.267 e. The molecule has 0 radical (unpaired) electrons. The Morgan fingerprint density at radius 1 is 1.47 bits per heavy atom. The summed E-state index contributed by atoms with van der Waals surface area (Å²) in [6.07, 6.45) is 2.28. The van der Waals surface area contributed by atoms with Gasteiger partial charge in [-0.1, -0.05) is 15.9 Å². The number of benzene rings is 1. The van der Waals surface area contributed by atoms with E-state index in [1.807, 2.05) is 24.3 Å². The van der Waals surface area contributed by atoms with Crippen LogP contribution in [0.3, 0.4) is 0 Å². The second-order valence-electron chi connectivity index (χ2n) is 4.76. The number of hydrogen-bond acceptors (Lipinski definition) is 2. The number of aromatic nitrogens is 1. The molecule has 1 atom stereocenters. The van der Waals surface area contributed by atoms with Crippen LogP contribution in [-0.4, -0.2) is 30.1 Å². The maximum Gasteiger partial charge on any atom is 0.267 e. The largest absolute Gasteiger partial charge is 0.376 e. The topological polar surface area (TPSA) is 54.1 Å². The third kappa shape index (κ3) is 2.82. The first kappa shape index (κ1) is 12.7. The van der Waals surface area contributed by atoms with Gasteiger partial charge < -0.3 is 15.0 Å². The summed E-state index contributed by atoms with van der Waals surface area (Å²) < 4.78 is 6.49. The number of amides is 1. The Kier molecular flexibility index (Phi) is 3.57. The zero-order valence-electron chi connectivity index (χ0n) is 10.4. The lowest BCUT2D eigenvalue weighted by molar-refractivity contribution is 0.0854. The van der Waals surface area contributed by atoms with E-state index in [0.29, 0.717) is 12.2 Å². The van der Waals surface area contributed by atoms with Crippen LogP contribution in [0.1, 0.15) is 23.3 Å². The second kappa shape index (κ2) is 5.35. The number of rotatable bonds is 3. The molecule has 0 saturated carbocycles. The Morgan fingerprint density at radius 3 is 3.16 bits per heavy atom. The minimum atomic E-state index is -0.0807. The van der Waals surface area contributed by atoms with E-state index in [2.05, 4.69) is 26.2 Å². The van der Waals surface area contributed by atoms with E-state index in [0.717, 1.165) is 34.8 Å². The van der Waals surface area contributed by atoms with Crippen molar-refractivity contribution in [1.29, 1.82) is 0 Å². The molecule has 100 valence electrons. The third-order valence-corrected chi connectivity index (χ3v) is 3.83. The molecular weight excluding hydrogens is 308 g/mol. The number of ether oxygens (including phenoxy) is 1. The molecule has 0 unspecified atom stereocenters. The number of halogens is 1. The van der Waals surface area contributed by atoms with Gasteiger partial charge in [0.2, 0.25) is 0 Å². The summed E-state index contributed by atoms with van der Waals surface area (Å²) in [5.41, 5.74) is 1.55. The van der Waals surface area contributed by atoms with Gasteiger partial charge in [0.1, 0.15) is 5.69 Å². The van der Waals surface area contributed by atoms with Crippen LogP contribution in [0.15, 0.2) is 28.7 Å². The van der Waals surface area contributed by atoms with Crippen LogP contribution in [0.2, 0.25) is 0 Å². The molecule has 0 bridgehead atoms. The highest BCUT2D eigenvalue weighted by Gasteiger charge is 2.17. The standard InChI is InChI=1S/C14H15BrN2O2/c15-10-3-4-12-9(6-10)7-13(17-12)14(18)16-8-11-2-1-5-19-11/h3-4,6-7,11,17H,1-2,5,8H2,(H,16,18)/t11-/m0/s1. The van der Waals surface area contributed by atoms with Gasteiger partial charge in [0.05, 0.1) is 6.10 Å². The van der Waals surface area contributed by atoms with Crippen molar-refractivity contribution in [2.45, 2.75) is 18.9 Å². The Bertz CT molecular complexity index is 603. The van der Waals surface area contributed by atoms with Crippen LogP contribution in [0.5, 0.6) is 0 Å². The van der Waals surface area contributed by atoms with Gasteiger partial charge in [-0.2, -0.15) is 0 Å². The molecule has 1 fully saturated rings. The second-order valence-corrected chi connectivity index (χ2v) is 5.68. The predicted molar refractivity (Wildman–Crippen MR) is 77.3 cm³/mol. The molecule has 1 saturated heterocycles. The number of H-pyrrole nitrogens is 1. The van der Waals surface area contributed by atoms with Crippen LogP contribution in [-0.2, 0) is 4.74 Å². The monoisotopic (exact) mass is 322 g/mol. The molecule has 19 heavy (non-hydrogen) atoms. The molecule has 4 nitrogen and oxygen atoms in total. The van der Waals surface area contributed by atoms with E-state index in [-0.39, 0.29) is 12.0 Å². The lowest BCUT2D eigenvalue weighted by atomic mass is 10.2. The molecule has 1 aliphatic heterocycles. The molecule has 1 aromatic heterocycles. The van der Waals surface area contributed by atoms with Crippen molar-refractivity contribution in [2.24, 2.45) is 0 Å². The van der Waals surface area contributed by atoms with Gasteiger partial charge in [-0.15, -0.1) is 0 Å². The number of carbonyl (C=O) groups excluding carboxylic acids is 1. The number of carbonyl (C=O) groups is 1. The van der Waals surface area contributed by atoms with E-state index in [1.54, 1.807) is 0 Å². The fourth-order valence-electron chi connectivity index (χ4n) is 2.33. The number of nitrogens with one attached hydrogen (secondary N) is 2. The summed E-state index contributed by atoms with van der Waals surface area (Å²) >= 11 is 3.42. The van der Waals surface area contributed by atoms with Crippen molar-refractivity contribution in [3.05, 3.63) is 34.4 Å². The molecular formula is C14H15BrN2O2. The fraction of sp³-hybridized carbons (Fsp3) is 0.357. The zero-order chi connectivity index (χ0) is 13.2. The van der Waals surface area contributed by atoms with Gasteiger partial charge in [0.25, 0.3) is 5.91 Å². The molecule has 3 rings (SSSR count). The van der Waals surface area contributed by atoms with Gasteiger partial charge in [-0.3, -0.25) is 4.79 Å². The van der Waals surface area contributed by atoms with Crippen LogP contribution in [0, 0.1) is 0 Å². The van der Waals surface area contributed by atoms with Crippen LogP contribution in [0.4, 0.5) is 0 Å². The van der Waals surface area contributed by atoms with Gasteiger partial charge in [-0.25, -0.2) is 0 Å². The lowest BCUT2D eigenvalue weighted by Crippen LogP contribution is -2.31. The van der Waals surface area contributed by atoms with Gasteiger partial charge in [0, 0.05) is 28.5 Å². The van der Waals surface area contributed by atoms with Crippen molar-refractivity contribution in [1.82, 2.24) is 10.3 Å². The van der Waals surface area contributed by atoms with Gasteiger partial charge in [-0.05, 0) is 37.1 Å². The van der Waals surface area contributed by atoms with E-state index in [1.165, 1.54) is 0 Å². The summed E-state index contributed by atoms with van der Waals surface area (Å²) in [6, 6.07) is 7.76. The maximum absolute atomic E-state index is 12.0. The normalized spacial score (nSPS) is 18.9. The van der Waals surface area contributed by atoms with E-state index < -0.39 is 0 Å². The molecule has 1 aromatic carbocycles. The Balaban J connectivity index is 1.70. The third-order valence-electron chi connectivity index (χ3n) is 3.34. The molecule has 1 aliphatic rings. The molecule has 2 aromatic rings. The first-order chi connectivity index (χ1) is 9.22. The highest BCUT2D eigenvalue weighted by atomic mass is 79.9. The molecule has 0 aliphatic carbocycles. The Hall–Kier alpha value is -1.33. The number of hydrogen-bond donors (Lipinski definition) is 2. The predicted octanol–water partition coefficient (Wildman–Crippen LogP) is 2.84. The van der Waals surface area contributed by atoms with E-state index in [4.69, 9.17) is 4.74 Å². The summed E-state index contributed by atoms with van der Waals surface area (Å²) in [7, 11) is 0. The minimum Gasteiger partial charge on any atom is -0.376 e. The molecule has 5 heteroatoms. The molecule has 2 heterocycles. The van der Waals surface area contributed by atoms with Gasteiger partial charge in [0.15, 0.2) is 0 Å². The average molecular weight is 323 g/mol. The lowest BCUT2D eigenvalue weighted by Gasteiger charge is -2.09. The highest BCUT2D eigenvalue weighted by Crippen LogP contribution is 2.20. The first-order valence-corrected chi connectivity index (χ1v) is 7.20. The molecule has 2 N–H and O–H groups in total. The summed E-state index contributed by atoms with van der Waals surface area (Å²) in [5.74, 6) is -0.0807. The van der Waals surface area contributed by atoms with Gasteiger partial charge >= 0.3 is 0 Å². The first-order valence-electron chi connectivity index (χ1n) is 6.40. The fourth-order valence-corrected chi connectivity index (χ4v) is 2.71. The van der Waals surface area contributed by atoms with Crippen LogP contribution < -0.4 is 5.32 Å². The summed E-state index contributed by atoms with van der Waals surface area (Å²) in [5, 5.41) is 3.93. The molecule has 1 amide bonds. The van der Waals surface area contributed by atoms with Crippen molar-refractivity contribution in [3.8, 4) is 0 Å². The van der Waals surface area contributed by atoms with E-state index in [9.17, 15) is 4.79 Å². The minimum absolute atomic E-state index is 0.0807. The Morgan fingerprint density at radius 2 is 2.37 bits per heavy atom. The summed E-state index contributed by atoms with van der Waals surface area (Å²) in [6.45, 7) is 1.39. The maximum atomic E-state index is 12.0. The number of aromatic amines is 1. The SMILES string of the molecule is O=C(NC[C@@H]1CCCO1)c1cc2cc(Br)ccc2[nH]1. The Labute approximate surface area is 119 Å². The van der Waals surface area contributed by atoms with Crippen molar-refractivity contribution in [3.63, 3.8) is 0 Å². The average Bonchev–Trinajstić information content (AvgIpc) is 3.04. The van der Waals surface area contributed by atoms with E-state index >= 15 is 0 Å². The van der Waals surface area contributed by atoms with Crippen molar-refractivity contribution < 1.29 is 9.53 Å². The van der Waals surface area contributed by atoms with Crippen LogP contribution in [0.25, 0.3) is 10.9 Å².